The van der Waals surface area contributed by atoms with Crippen LogP contribution in [0.1, 0.15) is 24.5 Å². The van der Waals surface area contributed by atoms with Crippen LogP contribution in [0.2, 0.25) is 0 Å². The summed E-state index contributed by atoms with van der Waals surface area (Å²) in [7, 11) is 1.89. The molecule has 44 heavy (non-hydrogen) atoms. The van der Waals surface area contributed by atoms with Gasteiger partial charge in [-0.1, -0.05) is 24.3 Å². The Morgan fingerprint density at radius 1 is 0.614 bits per heavy atom. The molecule has 0 aliphatic rings. The summed E-state index contributed by atoms with van der Waals surface area (Å²) >= 11 is 0. The van der Waals surface area contributed by atoms with Crippen LogP contribution in [0.3, 0.4) is 0 Å². The van der Waals surface area contributed by atoms with Crippen LogP contribution >= 0.6 is 0 Å². The van der Waals surface area contributed by atoms with Crippen molar-refractivity contribution in [2.45, 2.75) is 19.9 Å². The molecule has 0 unspecified atom stereocenters. The predicted molar refractivity (Wildman–Crippen MR) is 167 cm³/mol. The van der Waals surface area contributed by atoms with E-state index in [0.29, 0.717) is 118 Å². The van der Waals surface area contributed by atoms with Crippen LogP contribution in [0.25, 0.3) is 0 Å². The first-order valence-corrected chi connectivity index (χ1v) is 15.1. The van der Waals surface area contributed by atoms with Gasteiger partial charge in [-0.2, -0.15) is 0 Å². The van der Waals surface area contributed by atoms with Crippen LogP contribution in [0.15, 0.2) is 24.3 Å². The smallest absolute Gasteiger partial charge is 0.222 e. The van der Waals surface area contributed by atoms with E-state index < -0.39 is 0 Å². The molecule has 0 aliphatic heterocycles. The summed E-state index contributed by atoms with van der Waals surface area (Å²) < 4.78 is 43.5. The molecule has 0 bridgehead atoms. The van der Waals surface area contributed by atoms with Gasteiger partial charge in [0.1, 0.15) is 5.84 Å². The second kappa shape index (κ2) is 29.2. The molecule has 0 aromatic heterocycles. The number of hydrogen-bond acceptors (Lipinski definition) is 12. The quantitative estimate of drug-likeness (QED) is 0.0467. The van der Waals surface area contributed by atoms with Gasteiger partial charge in [-0.3, -0.25) is 15.6 Å². The number of ether oxygens (including phenoxy) is 8. The molecule has 0 saturated carbocycles. The van der Waals surface area contributed by atoms with Gasteiger partial charge in [0.05, 0.1) is 112 Å². The molecule has 1 amide bonds. The average molecular weight is 628 g/mol. The number of carbonyl (C=O) groups excluding carboxylic acids is 1. The SMILES string of the molecule is CNCCOCCOCCOCCOCCOCCOCCOCCOCCC(=O)NCc1ccc(C(=N)NC(C)=N)cc1. The maximum absolute atomic E-state index is 12.0. The highest BCUT2D eigenvalue weighted by Gasteiger charge is 2.04. The lowest BCUT2D eigenvalue weighted by molar-refractivity contribution is -0.122. The largest absolute Gasteiger partial charge is 0.379 e. The zero-order chi connectivity index (χ0) is 31.9. The summed E-state index contributed by atoms with van der Waals surface area (Å²) in [6.45, 7) is 10.8. The number of benzene rings is 1. The molecule has 0 spiro atoms. The second-order valence-corrected chi connectivity index (χ2v) is 9.35. The van der Waals surface area contributed by atoms with Gasteiger partial charge in [0, 0.05) is 25.1 Å². The molecule has 1 aromatic carbocycles. The Hall–Kier alpha value is -2.53. The summed E-state index contributed by atoms with van der Waals surface area (Å²) in [5, 5.41) is 23.8. The molecule has 14 nitrogen and oxygen atoms in total. The van der Waals surface area contributed by atoms with Crippen molar-refractivity contribution < 1.29 is 42.7 Å². The maximum Gasteiger partial charge on any atom is 0.222 e. The van der Waals surface area contributed by atoms with Crippen LogP contribution in [-0.4, -0.2) is 137 Å². The molecule has 0 saturated heterocycles. The number of nitrogens with one attached hydrogen (secondary N) is 5. The Balaban J connectivity index is 1.77. The first kappa shape index (κ1) is 39.5. The Morgan fingerprint density at radius 2 is 1.00 bits per heavy atom. The lowest BCUT2D eigenvalue weighted by Crippen LogP contribution is -2.27. The van der Waals surface area contributed by atoms with E-state index in [1.54, 1.807) is 19.1 Å². The highest BCUT2D eigenvalue weighted by atomic mass is 16.6. The standard InChI is InChI=1S/C30H53N5O9/c1-26(31)35-30(32)28-5-3-27(4-6-28)25-34-29(36)7-9-37-11-13-39-15-17-41-19-21-43-23-24-44-22-20-42-18-16-40-14-12-38-10-8-33-2/h3-6,33H,7-25H2,1-2H3,(H,34,36)(H3,31,32,35). The van der Waals surface area contributed by atoms with E-state index in [1.165, 1.54) is 0 Å². The van der Waals surface area contributed by atoms with E-state index in [2.05, 4.69) is 16.0 Å². The lowest BCUT2D eigenvalue weighted by Gasteiger charge is -2.09. The molecular formula is C30H53N5O9. The van der Waals surface area contributed by atoms with Crippen molar-refractivity contribution in [1.82, 2.24) is 16.0 Å². The fraction of sp³-hybridized carbons (Fsp3) is 0.700. The van der Waals surface area contributed by atoms with E-state index in [1.807, 2.05) is 19.2 Å². The second-order valence-electron chi connectivity index (χ2n) is 9.35. The topological polar surface area (TPSA) is 175 Å². The van der Waals surface area contributed by atoms with Crippen molar-refractivity contribution in [3.8, 4) is 0 Å². The van der Waals surface area contributed by atoms with Crippen molar-refractivity contribution in [2.24, 2.45) is 0 Å². The fourth-order valence-corrected chi connectivity index (χ4v) is 3.32. The van der Waals surface area contributed by atoms with Gasteiger partial charge in [-0.25, -0.2) is 0 Å². The summed E-state index contributed by atoms with van der Waals surface area (Å²) in [6, 6.07) is 7.25. The molecule has 5 N–H and O–H groups in total. The third-order valence-corrected chi connectivity index (χ3v) is 5.62. The van der Waals surface area contributed by atoms with Crippen LogP contribution in [-0.2, 0) is 49.2 Å². The summed E-state index contributed by atoms with van der Waals surface area (Å²) in [4.78, 5) is 12.0. The molecule has 1 aromatic rings. The van der Waals surface area contributed by atoms with E-state index in [4.69, 9.17) is 48.7 Å². The number of carbonyl (C=O) groups is 1. The number of rotatable bonds is 30. The molecule has 0 aliphatic carbocycles. The van der Waals surface area contributed by atoms with E-state index >= 15 is 0 Å². The van der Waals surface area contributed by atoms with Gasteiger partial charge in [-0.15, -0.1) is 0 Å². The van der Waals surface area contributed by atoms with Crippen LogP contribution in [0, 0.1) is 10.8 Å². The average Bonchev–Trinajstić information content (AvgIpc) is 3.01. The van der Waals surface area contributed by atoms with Crippen molar-refractivity contribution >= 4 is 17.6 Å². The van der Waals surface area contributed by atoms with Crippen LogP contribution in [0.4, 0.5) is 0 Å². The normalized spacial score (nSPS) is 11.0. The van der Waals surface area contributed by atoms with Gasteiger partial charge < -0.3 is 53.8 Å². The number of likely N-dealkylation sites (N-methyl/N-ethyl adjacent to an activating group) is 1. The van der Waals surface area contributed by atoms with Gasteiger partial charge in [-0.05, 0) is 19.5 Å². The highest BCUT2D eigenvalue weighted by molar-refractivity contribution is 6.06. The molecule has 14 heteroatoms. The monoisotopic (exact) mass is 627 g/mol. The fourth-order valence-electron chi connectivity index (χ4n) is 3.32. The minimum Gasteiger partial charge on any atom is -0.379 e. The predicted octanol–water partition coefficient (Wildman–Crippen LogP) is 0.957. The molecule has 1 rings (SSSR count). The number of amidine groups is 2. The Kier molecular flexibility index (Phi) is 26.2. The third kappa shape index (κ3) is 24.9. The zero-order valence-electron chi connectivity index (χ0n) is 26.4. The lowest BCUT2D eigenvalue weighted by atomic mass is 10.1. The van der Waals surface area contributed by atoms with Gasteiger partial charge in [0.25, 0.3) is 0 Å². The number of hydrogen-bond donors (Lipinski definition) is 5. The number of amides is 1. The van der Waals surface area contributed by atoms with Crippen LogP contribution in [0.5, 0.6) is 0 Å². The Labute approximate surface area is 261 Å². The summed E-state index contributed by atoms with van der Waals surface area (Å²) in [5.74, 6) is 0.272. The highest BCUT2D eigenvalue weighted by Crippen LogP contribution is 2.04. The molecule has 252 valence electrons. The zero-order valence-corrected chi connectivity index (χ0v) is 26.4. The van der Waals surface area contributed by atoms with E-state index in [-0.39, 0.29) is 24.0 Å². The van der Waals surface area contributed by atoms with Gasteiger partial charge in [0.2, 0.25) is 5.91 Å². The molecule has 0 heterocycles. The summed E-state index contributed by atoms with van der Waals surface area (Å²) in [6.07, 6.45) is 0.261. The Morgan fingerprint density at radius 3 is 1.39 bits per heavy atom. The third-order valence-electron chi connectivity index (χ3n) is 5.62. The molecule has 0 radical (unpaired) electrons. The van der Waals surface area contributed by atoms with Crippen LogP contribution < -0.4 is 16.0 Å². The Bertz CT molecular complexity index is 862. The van der Waals surface area contributed by atoms with Crippen molar-refractivity contribution in [3.63, 3.8) is 0 Å². The van der Waals surface area contributed by atoms with Gasteiger partial charge >= 0.3 is 0 Å². The summed E-state index contributed by atoms with van der Waals surface area (Å²) in [5.41, 5.74) is 1.60. The van der Waals surface area contributed by atoms with Crippen molar-refractivity contribution in [1.29, 1.82) is 10.8 Å². The van der Waals surface area contributed by atoms with Crippen molar-refractivity contribution in [3.05, 3.63) is 35.4 Å². The minimum atomic E-state index is -0.102. The molecule has 0 fully saturated rings. The molecular weight excluding hydrogens is 574 g/mol. The van der Waals surface area contributed by atoms with Crippen molar-refractivity contribution in [2.75, 3.05) is 119 Å². The molecule has 0 atom stereocenters. The maximum atomic E-state index is 12.0. The first-order valence-electron chi connectivity index (χ1n) is 15.1. The van der Waals surface area contributed by atoms with E-state index in [9.17, 15) is 4.79 Å². The van der Waals surface area contributed by atoms with Gasteiger partial charge in [0.15, 0.2) is 0 Å². The first-order chi connectivity index (χ1) is 21.5. The van der Waals surface area contributed by atoms with E-state index in [0.717, 1.165) is 12.1 Å². The minimum absolute atomic E-state index is 0.102.